The number of hydrogen-bond donors (Lipinski definition) is 1. The summed E-state index contributed by atoms with van der Waals surface area (Å²) in [5.41, 5.74) is 0.869. The van der Waals surface area contributed by atoms with Gasteiger partial charge in [-0.25, -0.2) is 4.79 Å². The van der Waals surface area contributed by atoms with Crippen molar-refractivity contribution in [3.63, 3.8) is 0 Å². The molecule has 1 aromatic carbocycles. The zero-order valence-corrected chi connectivity index (χ0v) is 15.1. The first-order chi connectivity index (χ1) is 12.5. The molecule has 8 heteroatoms. The van der Waals surface area contributed by atoms with Crippen molar-refractivity contribution in [3.8, 4) is 5.75 Å². The van der Waals surface area contributed by atoms with E-state index < -0.39 is 5.97 Å². The summed E-state index contributed by atoms with van der Waals surface area (Å²) in [6.45, 7) is 2.93. The van der Waals surface area contributed by atoms with E-state index in [-0.39, 0.29) is 24.1 Å². The molecule has 2 aromatic rings. The van der Waals surface area contributed by atoms with E-state index in [1.54, 1.807) is 40.8 Å². The second-order valence-electron chi connectivity index (χ2n) is 6.25. The number of aromatic carboxylic acids is 1. The molecule has 7 nitrogen and oxygen atoms in total. The Bertz CT molecular complexity index is 795. The van der Waals surface area contributed by atoms with Gasteiger partial charge >= 0.3 is 5.97 Å². The molecule has 1 aliphatic rings. The number of carbonyl (C=O) groups excluding carboxylic acids is 1. The standard InChI is InChI=1S/C18H20ClN3O4/c1-12-16(18(24)25)10-20-22(12)14-6-8-21(9-7-14)17(23)11-26-15-4-2-13(19)3-5-15/h2-5,10,14H,6-9,11H2,1H3,(H,24,25). The lowest BCUT2D eigenvalue weighted by Gasteiger charge is -2.32. The summed E-state index contributed by atoms with van der Waals surface area (Å²) in [6, 6.07) is 6.98. The van der Waals surface area contributed by atoms with E-state index in [0.717, 1.165) is 12.8 Å². The van der Waals surface area contributed by atoms with Gasteiger partial charge in [-0.15, -0.1) is 0 Å². The molecule has 0 unspecified atom stereocenters. The lowest BCUT2D eigenvalue weighted by atomic mass is 10.0. The fourth-order valence-corrected chi connectivity index (χ4v) is 3.25. The van der Waals surface area contributed by atoms with Crippen molar-refractivity contribution in [1.82, 2.24) is 14.7 Å². The van der Waals surface area contributed by atoms with Gasteiger partial charge in [-0.3, -0.25) is 9.48 Å². The van der Waals surface area contributed by atoms with E-state index in [1.165, 1.54) is 6.20 Å². The third kappa shape index (κ3) is 3.99. The minimum absolute atomic E-state index is 0.0176. The highest BCUT2D eigenvalue weighted by molar-refractivity contribution is 6.30. The van der Waals surface area contributed by atoms with E-state index in [2.05, 4.69) is 5.10 Å². The van der Waals surface area contributed by atoms with E-state index >= 15 is 0 Å². The highest BCUT2D eigenvalue weighted by Gasteiger charge is 2.26. The average molecular weight is 378 g/mol. The first-order valence-electron chi connectivity index (χ1n) is 8.39. The van der Waals surface area contributed by atoms with Crippen LogP contribution in [0.1, 0.15) is 34.9 Å². The number of aromatic nitrogens is 2. The SMILES string of the molecule is Cc1c(C(=O)O)cnn1C1CCN(C(=O)COc2ccc(Cl)cc2)CC1. The summed E-state index contributed by atoms with van der Waals surface area (Å²) in [6.07, 6.45) is 2.84. The van der Waals surface area contributed by atoms with Crippen LogP contribution in [0.2, 0.25) is 5.02 Å². The van der Waals surface area contributed by atoms with Gasteiger partial charge in [0.25, 0.3) is 5.91 Å². The number of carboxylic acid groups (broad SMARTS) is 1. The minimum atomic E-state index is -0.972. The number of halogens is 1. The van der Waals surface area contributed by atoms with Crippen molar-refractivity contribution >= 4 is 23.5 Å². The van der Waals surface area contributed by atoms with E-state index in [0.29, 0.717) is 29.6 Å². The Kier molecular flexibility index (Phi) is 5.46. The summed E-state index contributed by atoms with van der Waals surface area (Å²) in [5.74, 6) is -0.437. The molecule has 1 aliphatic heterocycles. The van der Waals surface area contributed by atoms with Crippen molar-refractivity contribution in [3.05, 3.63) is 46.7 Å². The second-order valence-corrected chi connectivity index (χ2v) is 6.68. The predicted molar refractivity (Wildman–Crippen MR) is 95.7 cm³/mol. The van der Waals surface area contributed by atoms with Crippen molar-refractivity contribution < 1.29 is 19.4 Å². The molecule has 0 radical (unpaired) electrons. The molecule has 3 rings (SSSR count). The Morgan fingerprint density at radius 2 is 1.92 bits per heavy atom. The maximum Gasteiger partial charge on any atom is 0.339 e. The van der Waals surface area contributed by atoms with Crippen LogP contribution in [-0.2, 0) is 4.79 Å². The van der Waals surface area contributed by atoms with Gasteiger partial charge < -0.3 is 14.7 Å². The number of piperidine rings is 1. The Morgan fingerprint density at radius 3 is 2.50 bits per heavy atom. The molecule has 1 N–H and O–H groups in total. The largest absolute Gasteiger partial charge is 0.484 e. The summed E-state index contributed by atoms with van der Waals surface area (Å²) in [5, 5.41) is 14.0. The van der Waals surface area contributed by atoms with Crippen LogP contribution in [0.25, 0.3) is 0 Å². The number of carbonyl (C=O) groups is 2. The zero-order chi connectivity index (χ0) is 18.7. The van der Waals surface area contributed by atoms with E-state index in [1.807, 2.05) is 0 Å². The maximum absolute atomic E-state index is 12.3. The van der Waals surface area contributed by atoms with Crippen LogP contribution >= 0.6 is 11.6 Å². The smallest absolute Gasteiger partial charge is 0.339 e. The number of benzene rings is 1. The third-order valence-electron chi connectivity index (χ3n) is 4.61. The molecule has 1 saturated heterocycles. The van der Waals surface area contributed by atoms with Gasteiger partial charge in [0.15, 0.2) is 6.61 Å². The van der Waals surface area contributed by atoms with Crippen molar-refractivity contribution in [2.24, 2.45) is 0 Å². The number of ether oxygens (including phenoxy) is 1. The molecule has 1 fully saturated rings. The average Bonchev–Trinajstić information content (AvgIpc) is 3.03. The molecule has 1 amide bonds. The van der Waals surface area contributed by atoms with Gasteiger partial charge in [-0.2, -0.15) is 5.10 Å². The second kappa shape index (κ2) is 7.78. The van der Waals surface area contributed by atoms with Crippen molar-refractivity contribution in [1.29, 1.82) is 0 Å². The number of nitrogens with zero attached hydrogens (tertiary/aromatic N) is 3. The molecule has 2 heterocycles. The van der Waals surface area contributed by atoms with Crippen LogP contribution in [0.15, 0.2) is 30.5 Å². The topological polar surface area (TPSA) is 84.7 Å². The van der Waals surface area contributed by atoms with Crippen LogP contribution in [-0.4, -0.2) is 51.4 Å². The minimum Gasteiger partial charge on any atom is -0.484 e. The molecule has 0 saturated carbocycles. The normalized spacial score (nSPS) is 15.1. The molecule has 0 aliphatic carbocycles. The highest BCUT2D eigenvalue weighted by atomic mass is 35.5. The molecule has 0 atom stereocenters. The van der Waals surface area contributed by atoms with Crippen LogP contribution < -0.4 is 4.74 Å². The summed E-state index contributed by atoms with van der Waals surface area (Å²) in [4.78, 5) is 25.2. The Morgan fingerprint density at radius 1 is 1.27 bits per heavy atom. The molecule has 0 spiro atoms. The van der Waals surface area contributed by atoms with Crippen molar-refractivity contribution in [2.75, 3.05) is 19.7 Å². The quantitative estimate of drug-likeness (QED) is 0.866. The first kappa shape index (κ1) is 18.3. The maximum atomic E-state index is 12.3. The number of rotatable bonds is 5. The van der Waals surface area contributed by atoms with Crippen molar-refractivity contribution in [2.45, 2.75) is 25.8 Å². The first-order valence-corrected chi connectivity index (χ1v) is 8.77. The highest BCUT2D eigenvalue weighted by Crippen LogP contribution is 2.25. The fourth-order valence-electron chi connectivity index (χ4n) is 3.13. The predicted octanol–water partition coefficient (Wildman–Crippen LogP) is 2.79. The van der Waals surface area contributed by atoms with Gasteiger partial charge in [0.05, 0.1) is 17.9 Å². The molecule has 1 aromatic heterocycles. The molecule has 0 bridgehead atoms. The summed E-state index contributed by atoms with van der Waals surface area (Å²) >= 11 is 5.82. The molecular weight excluding hydrogens is 358 g/mol. The zero-order valence-electron chi connectivity index (χ0n) is 14.4. The number of hydrogen-bond acceptors (Lipinski definition) is 4. The van der Waals surface area contributed by atoms with Crippen LogP contribution in [0.3, 0.4) is 0 Å². The van der Waals surface area contributed by atoms with Gasteiger partial charge in [-0.05, 0) is 44.0 Å². The van der Waals surface area contributed by atoms with E-state index in [9.17, 15) is 9.59 Å². The number of carboxylic acids is 1. The number of amides is 1. The van der Waals surface area contributed by atoms with Gasteiger partial charge in [0.1, 0.15) is 11.3 Å². The monoisotopic (exact) mass is 377 g/mol. The lowest BCUT2D eigenvalue weighted by Crippen LogP contribution is -2.41. The van der Waals surface area contributed by atoms with Gasteiger partial charge in [-0.1, -0.05) is 11.6 Å². The number of likely N-dealkylation sites (tertiary alicyclic amines) is 1. The van der Waals surface area contributed by atoms with Gasteiger partial charge in [0, 0.05) is 18.1 Å². The summed E-state index contributed by atoms with van der Waals surface area (Å²) < 4.78 is 7.26. The van der Waals surface area contributed by atoms with Crippen LogP contribution in [0.4, 0.5) is 0 Å². The van der Waals surface area contributed by atoms with Crippen LogP contribution in [0, 0.1) is 6.92 Å². The van der Waals surface area contributed by atoms with E-state index in [4.69, 9.17) is 21.4 Å². The Balaban J connectivity index is 1.52. The summed E-state index contributed by atoms with van der Waals surface area (Å²) in [7, 11) is 0. The Hall–Kier alpha value is -2.54. The lowest BCUT2D eigenvalue weighted by molar-refractivity contribution is -0.134. The van der Waals surface area contributed by atoms with Crippen LogP contribution in [0.5, 0.6) is 5.75 Å². The van der Waals surface area contributed by atoms with Gasteiger partial charge in [0.2, 0.25) is 0 Å². The molecular formula is C18H20ClN3O4. The Labute approximate surface area is 156 Å². The fraction of sp³-hybridized carbons (Fsp3) is 0.389. The molecule has 26 heavy (non-hydrogen) atoms. The molecule has 138 valence electrons. The third-order valence-corrected chi connectivity index (χ3v) is 4.87.